The first-order valence-corrected chi connectivity index (χ1v) is 24.6. The van der Waals surface area contributed by atoms with Gasteiger partial charge in [0.1, 0.15) is 67.1 Å². The van der Waals surface area contributed by atoms with Crippen LogP contribution in [0.15, 0.2) is 11.6 Å². The molecule has 4 saturated carbocycles. The number of rotatable bonds is 9. The minimum atomic E-state index is -1.89. The zero-order valence-corrected chi connectivity index (χ0v) is 40.1. The summed E-state index contributed by atoms with van der Waals surface area (Å²) >= 11 is 0. The van der Waals surface area contributed by atoms with Crippen molar-refractivity contribution in [1.29, 1.82) is 0 Å². The topological polar surface area (TPSA) is 335 Å². The molecule has 68 heavy (non-hydrogen) atoms. The van der Waals surface area contributed by atoms with Gasteiger partial charge in [0.15, 0.2) is 12.6 Å². The van der Waals surface area contributed by atoms with Crippen LogP contribution in [0.4, 0.5) is 0 Å². The molecule has 20 nitrogen and oxygen atoms in total. The maximum atomic E-state index is 15.0. The summed E-state index contributed by atoms with van der Waals surface area (Å²) in [5.74, 6) is -1.31. The minimum Gasteiger partial charge on any atom is -0.432 e. The summed E-state index contributed by atoms with van der Waals surface area (Å²) in [6.45, 7) is 12.1. The van der Waals surface area contributed by atoms with E-state index in [1.165, 1.54) is 6.92 Å². The Kier molecular flexibility index (Phi) is 14.6. The highest BCUT2D eigenvalue weighted by atomic mass is 16.8. The average Bonchev–Trinajstić information content (AvgIpc) is 3.29. The van der Waals surface area contributed by atoms with E-state index in [9.17, 15) is 66.4 Å². The van der Waals surface area contributed by atoms with Gasteiger partial charge in [-0.25, -0.2) is 0 Å². The van der Waals surface area contributed by atoms with E-state index in [0.29, 0.717) is 38.5 Å². The molecule has 0 amide bonds. The first-order chi connectivity index (χ1) is 31.8. The molecular formula is C48H78O20. The predicted molar refractivity (Wildman–Crippen MR) is 233 cm³/mol. The molecule has 20 heteroatoms. The molecule has 0 radical (unpaired) electrons. The SMILES string of the molecule is C[C@H]1[C@H]2C3=CC[C@@H]4[C@@]5(C)C[C@@H](O)[C@H](O)[C@@](C)(CO)[C@@H]5[C@@H](O)C[C@@]4(C)[C@]3(C)CC[C@@]2(C(=O)O[C@@H]2O[C@H](CO[C@@H]3O[C@H](CO)[C@@H](O[C@H]4O[C@@H](C)[C@H](O)[C@@H](O)[C@H]4O)[C@H](O)[C@H]3O)[C@@H](O)[C@H](O)[C@H]2O)CC[C@@H]1C. The highest BCUT2D eigenvalue weighted by Gasteiger charge is 2.73. The zero-order chi connectivity index (χ0) is 50.0. The highest BCUT2D eigenvalue weighted by Crippen LogP contribution is 2.76. The molecule has 390 valence electrons. The van der Waals surface area contributed by atoms with Crippen LogP contribution in [0, 0.1) is 56.7 Å². The van der Waals surface area contributed by atoms with Crippen molar-refractivity contribution in [3.05, 3.63) is 11.6 Å². The van der Waals surface area contributed by atoms with E-state index in [-0.39, 0.29) is 30.1 Å². The minimum absolute atomic E-state index is 0.0115. The third kappa shape index (κ3) is 7.89. The van der Waals surface area contributed by atoms with Crippen LogP contribution in [0.5, 0.6) is 0 Å². The van der Waals surface area contributed by atoms with Gasteiger partial charge in [0.2, 0.25) is 6.29 Å². The Morgan fingerprint density at radius 2 is 1.34 bits per heavy atom. The number of esters is 1. The van der Waals surface area contributed by atoms with Crippen molar-refractivity contribution in [2.24, 2.45) is 56.7 Å². The molecule has 5 aliphatic carbocycles. The third-order valence-electron chi connectivity index (χ3n) is 19.6. The molecule has 13 N–H and O–H groups in total. The molecule has 0 spiro atoms. The number of carbonyl (C=O) groups is 1. The monoisotopic (exact) mass is 975 g/mol. The van der Waals surface area contributed by atoms with E-state index in [0.717, 1.165) is 5.57 Å². The summed E-state index contributed by atoms with van der Waals surface area (Å²) in [4.78, 5) is 15.0. The molecule has 0 unspecified atom stereocenters. The van der Waals surface area contributed by atoms with Crippen LogP contribution in [0.25, 0.3) is 0 Å². The fourth-order valence-corrected chi connectivity index (χ4v) is 15.4. The van der Waals surface area contributed by atoms with Gasteiger partial charge < -0.3 is 94.8 Å². The Hall–Kier alpha value is -1.51. The summed E-state index contributed by atoms with van der Waals surface area (Å²) in [5.41, 5.74) is -2.84. The molecule has 3 heterocycles. The molecule has 0 aromatic rings. The number of carbonyl (C=O) groups excluding carboxylic acids is 1. The van der Waals surface area contributed by atoms with Crippen molar-refractivity contribution in [2.75, 3.05) is 19.8 Å². The summed E-state index contributed by atoms with van der Waals surface area (Å²) < 4.78 is 34.6. The van der Waals surface area contributed by atoms with Crippen molar-refractivity contribution >= 4 is 5.97 Å². The van der Waals surface area contributed by atoms with Gasteiger partial charge in [-0.3, -0.25) is 4.79 Å². The van der Waals surface area contributed by atoms with Crippen molar-refractivity contribution in [3.8, 4) is 0 Å². The Morgan fingerprint density at radius 3 is 2.00 bits per heavy atom. The largest absolute Gasteiger partial charge is 0.432 e. The Morgan fingerprint density at radius 1 is 0.706 bits per heavy atom. The number of allylic oxidation sites excluding steroid dienone is 2. The molecule has 0 bridgehead atoms. The van der Waals surface area contributed by atoms with Crippen LogP contribution in [0.1, 0.15) is 93.4 Å². The molecule has 3 aliphatic heterocycles. The molecule has 0 aromatic heterocycles. The number of aliphatic hydroxyl groups is 13. The summed E-state index contributed by atoms with van der Waals surface area (Å²) in [6, 6.07) is 0. The number of hydrogen-bond donors (Lipinski definition) is 13. The molecular weight excluding hydrogens is 897 g/mol. The second-order valence-electron chi connectivity index (χ2n) is 23.1. The maximum absolute atomic E-state index is 15.0. The van der Waals surface area contributed by atoms with Crippen LogP contribution < -0.4 is 0 Å². The summed E-state index contributed by atoms with van der Waals surface area (Å²) in [5, 5.41) is 142. The van der Waals surface area contributed by atoms with Crippen molar-refractivity contribution in [1.82, 2.24) is 0 Å². The van der Waals surface area contributed by atoms with Crippen LogP contribution in [0.3, 0.4) is 0 Å². The maximum Gasteiger partial charge on any atom is 0.315 e. The third-order valence-corrected chi connectivity index (χ3v) is 19.6. The van der Waals surface area contributed by atoms with E-state index in [2.05, 4.69) is 40.7 Å². The molecule has 0 aromatic carbocycles. The molecule has 28 atom stereocenters. The lowest BCUT2D eigenvalue weighted by atomic mass is 9.32. The summed E-state index contributed by atoms with van der Waals surface area (Å²) in [7, 11) is 0. The lowest BCUT2D eigenvalue weighted by molar-refractivity contribution is -0.361. The standard InChI is InChI=1S/C48H78O20/c1-19-10-11-48(13-12-46(6)22(28(48)20(19)2)8-9-27-44(4)14-24(52)39(61)45(5,18-50)38(44)23(51)15-47(27,46)7)43(62)68-42-35(59)32(56)30(54)26(66-42)17-63-40-36(60)33(57)37(25(16-49)65-40)67-41-34(58)31(55)29(53)21(3)64-41/h8,19-21,23-42,49-61H,9-18H2,1-7H3/t19-,20+,21-,23-,24+,25+,26+,27+,28-,29-,30+,31+,32-,33+,34+,35+,36+,37+,38+,39-,40+,41+,42-,44+,45-,46+,47+,48-/m0/s1. The van der Waals surface area contributed by atoms with Gasteiger partial charge >= 0.3 is 5.97 Å². The van der Waals surface area contributed by atoms with E-state index in [1.54, 1.807) is 6.92 Å². The highest BCUT2D eigenvalue weighted by molar-refractivity contribution is 5.79. The Bertz CT molecular complexity index is 1860. The van der Waals surface area contributed by atoms with Gasteiger partial charge in [-0.2, -0.15) is 0 Å². The summed E-state index contributed by atoms with van der Waals surface area (Å²) in [6.07, 6.45) is -22.3. The van der Waals surface area contributed by atoms with Gasteiger partial charge in [-0.1, -0.05) is 53.2 Å². The fourth-order valence-electron chi connectivity index (χ4n) is 15.4. The van der Waals surface area contributed by atoms with E-state index in [4.69, 9.17) is 28.4 Å². The average molecular weight is 975 g/mol. The molecule has 7 fully saturated rings. The second-order valence-corrected chi connectivity index (χ2v) is 23.1. The first kappa shape index (κ1) is 52.8. The van der Waals surface area contributed by atoms with Crippen LogP contribution in [-0.2, 0) is 33.2 Å². The van der Waals surface area contributed by atoms with E-state index >= 15 is 4.79 Å². The zero-order valence-electron chi connectivity index (χ0n) is 40.1. The second kappa shape index (κ2) is 18.8. The Labute approximate surface area is 396 Å². The van der Waals surface area contributed by atoms with Gasteiger partial charge in [0.05, 0.1) is 49.7 Å². The smallest absolute Gasteiger partial charge is 0.315 e. The number of hydrogen-bond acceptors (Lipinski definition) is 20. The first-order valence-electron chi connectivity index (χ1n) is 24.6. The van der Waals surface area contributed by atoms with E-state index in [1.807, 2.05) is 0 Å². The van der Waals surface area contributed by atoms with Crippen LogP contribution in [-0.4, -0.2) is 203 Å². The fraction of sp³-hybridized carbons (Fsp3) is 0.938. The lowest BCUT2D eigenvalue weighted by Crippen LogP contribution is -2.71. The van der Waals surface area contributed by atoms with Gasteiger partial charge in [-0.05, 0) is 91.8 Å². The van der Waals surface area contributed by atoms with Crippen molar-refractivity contribution in [2.45, 2.75) is 204 Å². The van der Waals surface area contributed by atoms with Gasteiger partial charge in [0, 0.05) is 11.3 Å². The number of fused-ring (bicyclic) bond motifs is 7. The quantitative estimate of drug-likeness (QED) is 0.0873. The Balaban J connectivity index is 0.994. The van der Waals surface area contributed by atoms with Crippen LogP contribution >= 0.6 is 0 Å². The normalized spacial score (nSPS) is 57.1. The van der Waals surface area contributed by atoms with Crippen LogP contribution in [0.2, 0.25) is 0 Å². The number of aliphatic hydroxyl groups excluding tert-OH is 13. The van der Waals surface area contributed by atoms with E-state index < -0.39 is 169 Å². The van der Waals surface area contributed by atoms with Crippen molar-refractivity contribution in [3.63, 3.8) is 0 Å². The molecule has 3 saturated heterocycles. The lowest BCUT2D eigenvalue weighted by Gasteiger charge is -2.72. The van der Waals surface area contributed by atoms with Crippen molar-refractivity contribution < 1.29 is 99.6 Å². The predicted octanol–water partition coefficient (Wildman–Crippen LogP) is -2.06. The van der Waals surface area contributed by atoms with Gasteiger partial charge in [0.25, 0.3) is 0 Å². The molecule has 8 aliphatic rings. The van der Waals surface area contributed by atoms with Gasteiger partial charge in [-0.15, -0.1) is 0 Å². The number of ether oxygens (including phenoxy) is 6. The molecule has 8 rings (SSSR count).